The van der Waals surface area contributed by atoms with Crippen molar-refractivity contribution in [2.24, 2.45) is 0 Å². The van der Waals surface area contributed by atoms with Gasteiger partial charge in [0.2, 0.25) is 10.0 Å². The molecule has 0 fully saturated rings. The van der Waals surface area contributed by atoms with Gasteiger partial charge in [0.25, 0.3) is 5.91 Å². The number of rotatable bonds is 9. The zero-order valence-corrected chi connectivity index (χ0v) is 14.1. The fourth-order valence-electron chi connectivity index (χ4n) is 1.81. The maximum Gasteiger partial charge on any atom is 0.340 e. The molecule has 2 N–H and O–H groups in total. The zero-order chi connectivity index (χ0) is 17.3. The Balaban J connectivity index is 2.57. The van der Waals surface area contributed by atoms with E-state index in [0.717, 1.165) is 25.5 Å². The van der Waals surface area contributed by atoms with Gasteiger partial charge in [-0.2, -0.15) is 0 Å². The monoisotopic (exact) mass is 342 g/mol. The van der Waals surface area contributed by atoms with Crippen molar-refractivity contribution in [2.75, 3.05) is 24.1 Å². The molecule has 1 amide bonds. The first-order chi connectivity index (χ1) is 10.8. The first kappa shape index (κ1) is 19.0. The first-order valence-corrected chi connectivity index (χ1v) is 9.23. The topological polar surface area (TPSA) is 102 Å². The molecule has 0 aliphatic rings. The standard InChI is InChI=1S/C15H22N2O5S/c1-3-4-7-10-16-14(18)11-22-15(19)12-8-5-6-9-13(12)17-23(2,20)21/h5-6,8-9,17H,3-4,7,10-11H2,1-2H3,(H,16,18). The average Bonchev–Trinajstić information content (AvgIpc) is 2.48. The summed E-state index contributed by atoms with van der Waals surface area (Å²) >= 11 is 0. The number of hydrogen-bond donors (Lipinski definition) is 2. The van der Waals surface area contributed by atoms with Crippen LogP contribution in [0.5, 0.6) is 0 Å². The van der Waals surface area contributed by atoms with Crippen molar-refractivity contribution in [3.05, 3.63) is 29.8 Å². The lowest BCUT2D eigenvalue weighted by atomic mass is 10.2. The number of unbranched alkanes of at least 4 members (excludes halogenated alkanes) is 2. The number of sulfonamides is 1. The maximum absolute atomic E-state index is 12.0. The van der Waals surface area contributed by atoms with E-state index in [1.165, 1.54) is 12.1 Å². The second-order valence-electron chi connectivity index (χ2n) is 5.05. The lowest BCUT2D eigenvalue weighted by Gasteiger charge is -2.10. The molecule has 8 heteroatoms. The van der Waals surface area contributed by atoms with Gasteiger partial charge in [0, 0.05) is 6.54 Å². The molecule has 0 radical (unpaired) electrons. The molecule has 0 unspecified atom stereocenters. The molecule has 0 aliphatic carbocycles. The number of carbonyl (C=O) groups excluding carboxylic acids is 2. The molecule has 0 saturated heterocycles. The number of carbonyl (C=O) groups is 2. The Labute approximate surface area is 136 Å². The summed E-state index contributed by atoms with van der Waals surface area (Å²) in [7, 11) is -3.52. The molecule has 0 saturated carbocycles. The van der Waals surface area contributed by atoms with Crippen molar-refractivity contribution in [3.8, 4) is 0 Å². The summed E-state index contributed by atoms with van der Waals surface area (Å²) in [6, 6.07) is 6.04. The van der Waals surface area contributed by atoms with Crippen molar-refractivity contribution in [3.63, 3.8) is 0 Å². The van der Waals surface area contributed by atoms with Crippen molar-refractivity contribution < 1.29 is 22.7 Å². The van der Waals surface area contributed by atoms with Crippen molar-refractivity contribution >= 4 is 27.6 Å². The lowest BCUT2D eigenvalue weighted by Crippen LogP contribution is -2.29. The predicted octanol–water partition coefficient (Wildman–Crippen LogP) is 1.52. The minimum Gasteiger partial charge on any atom is -0.452 e. The van der Waals surface area contributed by atoms with Crippen LogP contribution in [0.15, 0.2) is 24.3 Å². The maximum atomic E-state index is 12.0. The summed E-state index contributed by atoms with van der Waals surface area (Å²) in [6.45, 7) is 2.19. The van der Waals surface area contributed by atoms with E-state index in [4.69, 9.17) is 4.74 Å². The third-order valence-electron chi connectivity index (χ3n) is 2.88. The minimum atomic E-state index is -3.52. The van der Waals surface area contributed by atoms with E-state index in [-0.39, 0.29) is 17.2 Å². The first-order valence-electron chi connectivity index (χ1n) is 7.34. The molecule has 0 aliphatic heterocycles. The highest BCUT2D eigenvalue weighted by Crippen LogP contribution is 2.17. The van der Waals surface area contributed by atoms with Crippen LogP contribution in [-0.4, -0.2) is 39.7 Å². The van der Waals surface area contributed by atoms with Crippen LogP contribution in [0.1, 0.15) is 36.5 Å². The molecule has 0 aromatic heterocycles. The molecule has 1 rings (SSSR count). The predicted molar refractivity (Wildman–Crippen MR) is 87.7 cm³/mol. The smallest absolute Gasteiger partial charge is 0.340 e. The average molecular weight is 342 g/mol. The van der Waals surface area contributed by atoms with E-state index in [2.05, 4.69) is 17.0 Å². The van der Waals surface area contributed by atoms with Crippen LogP contribution in [0.3, 0.4) is 0 Å². The molecule has 7 nitrogen and oxygen atoms in total. The van der Waals surface area contributed by atoms with Crippen LogP contribution >= 0.6 is 0 Å². The highest BCUT2D eigenvalue weighted by Gasteiger charge is 2.16. The Morgan fingerprint density at radius 3 is 2.52 bits per heavy atom. The third-order valence-corrected chi connectivity index (χ3v) is 3.47. The van der Waals surface area contributed by atoms with E-state index in [0.29, 0.717) is 6.54 Å². The number of hydrogen-bond acceptors (Lipinski definition) is 5. The SMILES string of the molecule is CCCCCNC(=O)COC(=O)c1ccccc1NS(C)(=O)=O. The molecule has 0 spiro atoms. The summed E-state index contributed by atoms with van der Waals surface area (Å²) in [5.74, 6) is -1.15. The van der Waals surface area contributed by atoms with Gasteiger partial charge < -0.3 is 10.1 Å². The number of nitrogens with one attached hydrogen (secondary N) is 2. The van der Waals surface area contributed by atoms with Crippen molar-refractivity contribution in [1.82, 2.24) is 5.32 Å². The van der Waals surface area contributed by atoms with Crippen LogP contribution in [-0.2, 0) is 19.6 Å². The Hall–Kier alpha value is -2.09. The largest absolute Gasteiger partial charge is 0.452 e. The van der Waals surface area contributed by atoms with Crippen LogP contribution in [0.4, 0.5) is 5.69 Å². The molecule has 23 heavy (non-hydrogen) atoms. The second-order valence-corrected chi connectivity index (χ2v) is 6.80. The Bertz CT molecular complexity index is 643. The number of amides is 1. The van der Waals surface area contributed by atoms with E-state index < -0.39 is 22.6 Å². The summed E-state index contributed by atoms with van der Waals surface area (Å²) in [5, 5.41) is 2.65. The number of ether oxygens (including phenoxy) is 1. The fraction of sp³-hybridized carbons (Fsp3) is 0.467. The molecule has 0 heterocycles. The van der Waals surface area contributed by atoms with Gasteiger partial charge in [-0.05, 0) is 18.6 Å². The Morgan fingerprint density at radius 2 is 1.87 bits per heavy atom. The highest BCUT2D eigenvalue weighted by atomic mass is 32.2. The molecular weight excluding hydrogens is 320 g/mol. The number of para-hydroxylation sites is 1. The summed E-state index contributed by atoms with van der Waals surface area (Å²) in [6.07, 6.45) is 3.93. The quantitative estimate of drug-likeness (QED) is 0.523. The number of anilines is 1. The van der Waals surface area contributed by atoms with Gasteiger partial charge in [0.1, 0.15) is 0 Å². The van der Waals surface area contributed by atoms with E-state index in [9.17, 15) is 18.0 Å². The number of benzene rings is 1. The van der Waals surface area contributed by atoms with Crippen LogP contribution in [0.25, 0.3) is 0 Å². The Morgan fingerprint density at radius 1 is 1.17 bits per heavy atom. The zero-order valence-electron chi connectivity index (χ0n) is 13.3. The van der Waals surface area contributed by atoms with E-state index in [1.807, 2.05) is 0 Å². The second kappa shape index (κ2) is 9.14. The van der Waals surface area contributed by atoms with Crippen LogP contribution < -0.4 is 10.0 Å². The Kier molecular flexibility index (Phi) is 7.53. The van der Waals surface area contributed by atoms with Crippen LogP contribution in [0.2, 0.25) is 0 Å². The summed E-state index contributed by atoms with van der Waals surface area (Å²) < 4.78 is 29.7. The number of esters is 1. The molecular formula is C15H22N2O5S. The van der Waals surface area contributed by atoms with Gasteiger partial charge in [-0.3, -0.25) is 9.52 Å². The van der Waals surface area contributed by atoms with Gasteiger partial charge in [-0.25, -0.2) is 13.2 Å². The van der Waals surface area contributed by atoms with Crippen molar-refractivity contribution in [1.29, 1.82) is 0 Å². The highest BCUT2D eigenvalue weighted by molar-refractivity contribution is 7.92. The fourth-order valence-corrected chi connectivity index (χ4v) is 2.39. The van der Waals surface area contributed by atoms with Crippen molar-refractivity contribution in [2.45, 2.75) is 26.2 Å². The summed E-state index contributed by atoms with van der Waals surface area (Å²) in [5.41, 5.74) is 0.167. The van der Waals surface area contributed by atoms with Gasteiger partial charge >= 0.3 is 5.97 Å². The molecule has 1 aromatic carbocycles. The van der Waals surface area contributed by atoms with Gasteiger partial charge in [0.05, 0.1) is 17.5 Å². The third kappa shape index (κ3) is 7.64. The van der Waals surface area contributed by atoms with Crippen LogP contribution in [0, 0.1) is 0 Å². The van der Waals surface area contributed by atoms with Gasteiger partial charge in [-0.15, -0.1) is 0 Å². The molecule has 0 bridgehead atoms. The van der Waals surface area contributed by atoms with Gasteiger partial charge in [0.15, 0.2) is 6.61 Å². The normalized spacial score (nSPS) is 10.9. The molecule has 128 valence electrons. The lowest BCUT2D eigenvalue weighted by molar-refractivity contribution is -0.124. The summed E-state index contributed by atoms with van der Waals surface area (Å²) in [4.78, 5) is 23.6. The minimum absolute atomic E-state index is 0.0525. The van der Waals surface area contributed by atoms with Gasteiger partial charge in [-0.1, -0.05) is 31.9 Å². The van der Waals surface area contributed by atoms with E-state index >= 15 is 0 Å². The molecule has 0 atom stereocenters. The van der Waals surface area contributed by atoms with E-state index in [1.54, 1.807) is 12.1 Å². The molecule has 1 aromatic rings.